The number of methoxy groups -OCH3 is 1. The van der Waals surface area contributed by atoms with Crippen LogP contribution in [0.15, 0.2) is 59.7 Å². The molecular weight excluding hydrogens is 515 g/mol. The average molecular weight is 542 g/mol. The highest BCUT2D eigenvalue weighted by atomic mass is 32.1. The minimum Gasteiger partial charge on any atom is -0.497 e. The highest BCUT2D eigenvalue weighted by Crippen LogP contribution is 2.30. The number of aliphatic imine (C=N–C) groups is 1. The zero-order valence-electron chi connectivity index (χ0n) is 20.9. The van der Waals surface area contributed by atoms with Crippen molar-refractivity contribution in [1.82, 2.24) is 20.3 Å². The summed E-state index contributed by atoms with van der Waals surface area (Å²) in [5, 5.41) is 9.80. The lowest BCUT2D eigenvalue weighted by Crippen LogP contribution is -2.39. The van der Waals surface area contributed by atoms with Crippen LogP contribution in [0, 0.1) is 13.8 Å². The van der Waals surface area contributed by atoms with E-state index in [0.29, 0.717) is 18.9 Å². The van der Waals surface area contributed by atoms with Crippen molar-refractivity contribution in [2.75, 3.05) is 24.3 Å². The SMILES string of the molecule is COc1ccc2[nH]cc(CCN=C(NC(=S)Nc3cccc(C(F)(F)F)c3)Nc3nc(C)cc(C)n3)c2c1. The van der Waals surface area contributed by atoms with Gasteiger partial charge in [-0.15, -0.1) is 0 Å². The molecule has 0 unspecified atom stereocenters. The third-order valence-electron chi connectivity index (χ3n) is 5.52. The second kappa shape index (κ2) is 11.5. The van der Waals surface area contributed by atoms with Gasteiger partial charge in [-0.3, -0.25) is 10.3 Å². The van der Waals surface area contributed by atoms with Gasteiger partial charge in [0.25, 0.3) is 0 Å². The molecule has 0 radical (unpaired) electrons. The van der Waals surface area contributed by atoms with Crippen molar-refractivity contribution in [3.63, 3.8) is 0 Å². The molecule has 0 saturated carbocycles. The number of hydrogen-bond acceptors (Lipinski definition) is 5. The molecule has 2 aromatic heterocycles. The van der Waals surface area contributed by atoms with Gasteiger partial charge in [0.05, 0.1) is 12.7 Å². The van der Waals surface area contributed by atoms with Gasteiger partial charge >= 0.3 is 6.18 Å². The summed E-state index contributed by atoms with van der Waals surface area (Å²) in [5.41, 5.74) is 2.96. The fourth-order valence-electron chi connectivity index (χ4n) is 3.82. The van der Waals surface area contributed by atoms with Crippen LogP contribution in [0.4, 0.5) is 24.8 Å². The molecule has 0 spiro atoms. The number of alkyl halides is 3. The van der Waals surface area contributed by atoms with Crippen LogP contribution in [0.2, 0.25) is 0 Å². The van der Waals surface area contributed by atoms with Crippen molar-refractivity contribution in [2.45, 2.75) is 26.4 Å². The fourth-order valence-corrected chi connectivity index (χ4v) is 4.04. The van der Waals surface area contributed by atoms with Crippen molar-refractivity contribution in [2.24, 2.45) is 4.99 Å². The number of ether oxygens (including phenoxy) is 1. The molecule has 0 bridgehead atoms. The number of H-pyrrole nitrogens is 1. The minimum absolute atomic E-state index is 0.0526. The number of aryl methyl sites for hydroxylation is 2. The summed E-state index contributed by atoms with van der Waals surface area (Å²) in [6.07, 6.45) is -1.94. The van der Waals surface area contributed by atoms with Crippen molar-refractivity contribution < 1.29 is 17.9 Å². The topological polar surface area (TPSA) is 99.2 Å². The van der Waals surface area contributed by atoms with Gasteiger partial charge in [-0.05, 0) is 80.5 Å². The Kier molecular flexibility index (Phi) is 8.10. The van der Waals surface area contributed by atoms with Gasteiger partial charge in [0.15, 0.2) is 5.11 Å². The minimum atomic E-state index is -4.46. The Hall–Kier alpha value is -4.19. The molecule has 198 valence electrons. The number of rotatable bonds is 6. The number of anilines is 2. The molecule has 0 aliphatic heterocycles. The van der Waals surface area contributed by atoms with Crippen molar-refractivity contribution in [1.29, 1.82) is 0 Å². The zero-order valence-corrected chi connectivity index (χ0v) is 21.7. The van der Waals surface area contributed by atoms with E-state index in [1.54, 1.807) is 7.11 Å². The first-order valence-corrected chi connectivity index (χ1v) is 12.0. The summed E-state index contributed by atoms with van der Waals surface area (Å²) in [6.45, 7) is 4.06. The maximum atomic E-state index is 13.1. The summed E-state index contributed by atoms with van der Waals surface area (Å²) < 4.78 is 44.6. The van der Waals surface area contributed by atoms with Crippen LogP contribution in [0.25, 0.3) is 10.9 Å². The van der Waals surface area contributed by atoms with Gasteiger partial charge in [-0.2, -0.15) is 13.2 Å². The largest absolute Gasteiger partial charge is 0.497 e. The second-order valence-corrected chi connectivity index (χ2v) is 8.87. The van der Waals surface area contributed by atoms with E-state index in [0.717, 1.165) is 45.7 Å². The van der Waals surface area contributed by atoms with E-state index >= 15 is 0 Å². The standard InChI is InChI=1S/C26H26F3N7OS/c1-15-11-16(2)33-24(32-15)35-23(36-25(38)34-19-6-4-5-18(12-19)26(27,28)29)30-10-9-17-14-31-22-8-7-20(37-3)13-21(17)22/h4-8,11-14,31H,9-10H2,1-3H3,(H3,30,32,33,34,35,36,38). The normalized spacial score (nSPS) is 11.9. The Morgan fingerprint density at radius 3 is 2.53 bits per heavy atom. The molecule has 2 heterocycles. The van der Waals surface area contributed by atoms with E-state index in [1.807, 2.05) is 44.3 Å². The smallest absolute Gasteiger partial charge is 0.416 e. The van der Waals surface area contributed by atoms with Crippen molar-refractivity contribution in [3.05, 3.63) is 77.2 Å². The van der Waals surface area contributed by atoms with E-state index < -0.39 is 11.7 Å². The Bertz CT molecular complexity index is 1460. The second-order valence-electron chi connectivity index (χ2n) is 8.46. The molecule has 0 aliphatic rings. The summed E-state index contributed by atoms with van der Waals surface area (Å²) in [7, 11) is 1.62. The van der Waals surface area contributed by atoms with Crippen LogP contribution in [0.3, 0.4) is 0 Å². The lowest BCUT2D eigenvalue weighted by atomic mass is 10.1. The first kappa shape index (κ1) is 26.9. The van der Waals surface area contributed by atoms with E-state index in [9.17, 15) is 13.2 Å². The highest BCUT2D eigenvalue weighted by molar-refractivity contribution is 7.80. The maximum absolute atomic E-state index is 13.1. The first-order chi connectivity index (χ1) is 18.1. The van der Waals surface area contributed by atoms with Crippen LogP contribution >= 0.6 is 12.2 Å². The summed E-state index contributed by atoms with van der Waals surface area (Å²) in [4.78, 5) is 16.6. The molecule has 12 heteroatoms. The van der Waals surface area contributed by atoms with Gasteiger partial charge in [0, 0.05) is 40.7 Å². The fraction of sp³-hybridized carbons (Fsp3) is 0.231. The van der Waals surface area contributed by atoms with E-state index in [2.05, 4.69) is 35.9 Å². The molecule has 8 nitrogen and oxygen atoms in total. The quantitative estimate of drug-likeness (QED) is 0.143. The molecule has 4 N–H and O–H groups in total. The van der Waals surface area contributed by atoms with Gasteiger partial charge in [0.2, 0.25) is 11.9 Å². The predicted molar refractivity (Wildman–Crippen MR) is 147 cm³/mol. The number of guanidine groups is 1. The third-order valence-corrected chi connectivity index (χ3v) is 5.72. The molecule has 0 fully saturated rings. The van der Waals surface area contributed by atoms with Gasteiger partial charge < -0.3 is 20.4 Å². The average Bonchev–Trinajstić information content (AvgIpc) is 3.25. The number of fused-ring (bicyclic) bond motifs is 1. The Labute approximate surface area is 222 Å². The zero-order chi connectivity index (χ0) is 27.3. The predicted octanol–water partition coefficient (Wildman–Crippen LogP) is 5.60. The molecule has 0 amide bonds. The molecular formula is C26H26F3N7OS. The summed E-state index contributed by atoms with van der Waals surface area (Å²) in [6, 6.07) is 12.4. The molecule has 4 rings (SSSR count). The highest BCUT2D eigenvalue weighted by Gasteiger charge is 2.30. The molecule has 0 atom stereocenters. The molecule has 0 aliphatic carbocycles. The number of hydrogen-bond donors (Lipinski definition) is 4. The Morgan fingerprint density at radius 1 is 1.05 bits per heavy atom. The lowest BCUT2D eigenvalue weighted by Gasteiger charge is -2.15. The Morgan fingerprint density at radius 2 is 1.82 bits per heavy atom. The summed E-state index contributed by atoms with van der Waals surface area (Å²) >= 11 is 5.35. The molecule has 38 heavy (non-hydrogen) atoms. The number of benzene rings is 2. The van der Waals surface area contributed by atoms with E-state index in [4.69, 9.17) is 17.0 Å². The maximum Gasteiger partial charge on any atom is 0.416 e. The lowest BCUT2D eigenvalue weighted by molar-refractivity contribution is -0.137. The van der Waals surface area contributed by atoms with E-state index in [1.165, 1.54) is 12.1 Å². The molecule has 0 saturated heterocycles. The number of thiocarbonyl (C=S) groups is 1. The van der Waals surface area contributed by atoms with Gasteiger partial charge in [-0.1, -0.05) is 6.07 Å². The van der Waals surface area contributed by atoms with Crippen LogP contribution in [-0.2, 0) is 12.6 Å². The third kappa shape index (κ3) is 6.97. The number of aromatic amines is 1. The molecule has 2 aromatic carbocycles. The van der Waals surface area contributed by atoms with Crippen molar-refractivity contribution in [3.8, 4) is 5.75 Å². The monoisotopic (exact) mass is 541 g/mol. The van der Waals surface area contributed by atoms with Crippen LogP contribution < -0.4 is 20.7 Å². The molecule has 4 aromatic rings. The van der Waals surface area contributed by atoms with Crippen molar-refractivity contribution >= 4 is 45.8 Å². The van der Waals surface area contributed by atoms with Gasteiger partial charge in [0.1, 0.15) is 5.75 Å². The summed E-state index contributed by atoms with van der Waals surface area (Å²) in [5.74, 6) is 1.31. The van der Waals surface area contributed by atoms with Crippen LogP contribution in [-0.4, -0.2) is 39.7 Å². The van der Waals surface area contributed by atoms with Gasteiger partial charge in [-0.25, -0.2) is 9.97 Å². The number of aromatic nitrogens is 3. The number of halogens is 3. The van der Waals surface area contributed by atoms with Crippen LogP contribution in [0.1, 0.15) is 22.5 Å². The van der Waals surface area contributed by atoms with Crippen LogP contribution in [0.5, 0.6) is 5.75 Å². The Balaban J connectivity index is 1.52. The van der Waals surface area contributed by atoms with E-state index in [-0.39, 0.29) is 16.8 Å². The first-order valence-electron chi connectivity index (χ1n) is 11.6. The number of nitrogens with zero attached hydrogens (tertiary/aromatic N) is 3. The number of nitrogens with one attached hydrogen (secondary N) is 4.